The molecule has 0 bridgehead atoms. The zero-order chi connectivity index (χ0) is 11.5. The molecule has 2 N–H and O–H groups in total. The molecule has 1 aromatic rings. The standard InChI is InChI=1S/C14H22N2/c1-3-11-5-6-14-12(7-11)9-16(4-2)10-13(14)8-15/h5-7,13H,3-4,8-10,15H2,1-2H3. The van der Waals surface area contributed by atoms with Crippen molar-refractivity contribution >= 4 is 0 Å². The molecule has 1 unspecified atom stereocenters. The topological polar surface area (TPSA) is 29.3 Å². The van der Waals surface area contributed by atoms with Crippen molar-refractivity contribution in [2.45, 2.75) is 32.7 Å². The second-order valence-electron chi connectivity index (χ2n) is 4.65. The molecule has 0 aromatic heterocycles. The Bertz CT molecular complexity index is 360. The number of aryl methyl sites for hydroxylation is 1. The maximum Gasteiger partial charge on any atom is 0.0236 e. The molecule has 1 aliphatic heterocycles. The van der Waals surface area contributed by atoms with E-state index in [2.05, 4.69) is 36.9 Å². The van der Waals surface area contributed by atoms with Crippen molar-refractivity contribution in [3.05, 3.63) is 34.9 Å². The molecule has 0 fully saturated rings. The van der Waals surface area contributed by atoms with Gasteiger partial charge in [-0.15, -0.1) is 0 Å². The van der Waals surface area contributed by atoms with Crippen molar-refractivity contribution in [1.82, 2.24) is 4.90 Å². The fourth-order valence-electron chi connectivity index (χ4n) is 2.57. The lowest BCUT2D eigenvalue weighted by Gasteiger charge is -2.33. The number of benzene rings is 1. The van der Waals surface area contributed by atoms with E-state index < -0.39 is 0 Å². The predicted octanol–water partition coefficient (Wildman–Crippen LogP) is 2.13. The van der Waals surface area contributed by atoms with Crippen LogP contribution in [0, 0.1) is 0 Å². The minimum absolute atomic E-state index is 0.523. The van der Waals surface area contributed by atoms with E-state index >= 15 is 0 Å². The zero-order valence-electron chi connectivity index (χ0n) is 10.4. The molecule has 0 radical (unpaired) electrons. The van der Waals surface area contributed by atoms with E-state index in [4.69, 9.17) is 5.73 Å². The Morgan fingerprint density at radius 2 is 2.19 bits per heavy atom. The van der Waals surface area contributed by atoms with E-state index in [9.17, 15) is 0 Å². The first-order chi connectivity index (χ1) is 7.78. The maximum atomic E-state index is 5.88. The average Bonchev–Trinajstić information content (AvgIpc) is 2.36. The van der Waals surface area contributed by atoms with Crippen molar-refractivity contribution in [2.75, 3.05) is 19.6 Å². The van der Waals surface area contributed by atoms with Gasteiger partial charge in [0.05, 0.1) is 0 Å². The molecule has 0 aliphatic carbocycles. The highest BCUT2D eigenvalue weighted by Gasteiger charge is 2.23. The third-order valence-electron chi connectivity index (χ3n) is 3.66. The first-order valence-corrected chi connectivity index (χ1v) is 6.32. The molecule has 1 aliphatic rings. The Balaban J connectivity index is 2.33. The van der Waals surface area contributed by atoms with Gasteiger partial charge in [-0.05, 0) is 29.7 Å². The van der Waals surface area contributed by atoms with Gasteiger partial charge in [-0.2, -0.15) is 0 Å². The van der Waals surface area contributed by atoms with E-state index in [1.54, 1.807) is 0 Å². The lowest BCUT2D eigenvalue weighted by molar-refractivity contribution is 0.243. The lowest BCUT2D eigenvalue weighted by Crippen LogP contribution is -2.36. The molecule has 0 amide bonds. The number of fused-ring (bicyclic) bond motifs is 1. The Kier molecular flexibility index (Phi) is 3.62. The predicted molar refractivity (Wildman–Crippen MR) is 68.6 cm³/mol. The Morgan fingerprint density at radius 1 is 1.38 bits per heavy atom. The third-order valence-corrected chi connectivity index (χ3v) is 3.66. The van der Waals surface area contributed by atoms with Crippen LogP contribution in [0.1, 0.15) is 36.5 Å². The van der Waals surface area contributed by atoms with Gasteiger partial charge >= 0.3 is 0 Å². The van der Waals surface area contributed by atoms with Gasteiger partial charge in [-0.3, -0.25) is 4.90 Å². The largest absolute Gasteiger partial charge is 0.330 e. The van der Waals surface area contributed by atoms with E-state index in [-0.39, 0.29) is 0 Å². The summed E-state index contributed by atoms with van der Waals surface area (Å²) < 4.78 is 0. The first kappa shape index (κ1) is 11.6. The SMILES string of the molecule is CCc1ccc2c(c1)CN(CC)CC2CN. The van der Waals surface area contributed by atoms with Gasteiger partial charge in [0.2, 0.25) is 0 Å². The van der Waals surface area contributed by atoms with E-state index in [0.29, 0.717) is 5.92 Å². The van der Waals surface area contributed by atoms with Crippen LogP contribution in [-0.2, 0) is 13.0 Å². The van der Waals surface area contributed by atoms with Gasteiger partial charge in [0.15, 0.2) is 0 Å². The summed E-state index contributed by atoms with van der Waals surface area (Å²) in [7, 11) is 0. The third kappa shape index (κ3) is 2.13. The van der Waals surface area contributed by atoms with Crippen LogP contribution in [0.4, 0.5) is 0 Å². The molecular formula is C14H22N2. The second kappa shape index (κ2) is 4.98. The Labute approximate surface area is 98.4 Å². The summed E-state index contributed by atoms with van der Waals surface area (Å²) in [6.07, 6.45) is 1.12. The minimum atomic E-state index is 0.523. The molecule has 2 nitrogen and oxygen atoms in total. The molecule has 0 spiro atoms. The van der Waals surface area contributed by atoms with Crippen molar-refractivity contribution in [3.8, 4) is 0 Å². The van der Waals surface area contributed by atoms with Crippen molar-refractivity contribution in [2.24, 2.45) is 5.73 Å². The maximum absolute atomic E-state index is 5.88. The quantitative estimate of drug-likeness (QED) is 0.842. The normalized spacial score (nSPS) is 20.8. The highest BCUT2D eigenvalue weighted by molar-refractivity contribution is 5.36. The fraction of sp³-hybridized carbons (Fsp3) is 0.571. The number of hydrogen-bond acceptors (Lipinski definition) is 2. The highest BCUT2D eigenvalue weighted by Crippen LogP contribution is 2.28. The van der Waals surface area contributed by atoms with Gasteiger partial charge in [0, 0.05) is 25.6 Å². The molecule has 88 valence electrons. The van der Waals surface area contributed by atoms with E-state index in [1.807, 2.05) is 0 Å². The summed E-state index contributed by atoms with van der Waals surface area (Å²) in [5, 5.41) is 0. The Hall–Kier alpha value is -0.860. The first-order valence-electron chi connectivity index (χ1n) is 6.32. The van der Waals surface area contributed by atoms with Crippen LogP contribution in [0.5, 0.6) is 0 Å². The molecule has 1 aromatic carbocycles. The molecular weight excluding hydrogens is 196 g/mol. The van der Waals surface area contributed by atoms with Gasteiger partial charge in [-0.1, -0.05) is 32.0 Å². The van der Waals surface area contributed by atoms with Crippen LogP contribution in [-0.4, -0.2) is 24.5 Å². The molecule has 16 heavy (non-hydrogen) atoms. The van der Waals surface area contributed by atoms with Crippen LogP contribution in [0.15, 0.2) is 18.2 Å². The molecule has 1 heterocycles. The number of rotatable bonds is 3. The van der Waals surface area contributed by atoms with Crippen LogP contribution >= 0.6 is 0 Å². The summed E-state index contributed by atoms with van der Waals surface area (Å²) in [5.74, 6) is 0.523. The van der Waals surface area contributed by atoms with Crippen molar-refractivity contribution in [3.63, 3.8) is 0 Å². The van der Waals surface area contributed by atoms with Crippen molar-refractivity contribution in [1.29, 1.82) is 0 Å². The molecule has 0 saturated heterocycles. The number of hydrogen-bond donors (Lipinski definition) is 1. The zero-order valence-corrected chi connectivity index (χ0v) is 10.4. The lowest BCUT2D eigenvalue weighted by atomic mass is 9.88. The molecule has 2 rings (SSSR count). The molecule has 2 heteroatoms. The van der Waals surface area contributed by atoms with Gasteiger partial charge in [-0.25, -0.2) is 0 Å². The summed E-state index contributed by atoms with van der Waals surface area (Å²) in [4.78, 5) is 2.49. The van der Waals surface area contributed by atoms with Gasteiger partial charge in [0.1, 0.15) is 0 Å². The fourth-order valence-corrected chi connectivity index (χ4v) is 2.57. The van der Waals surface area contributed by atoms with Crippen LogP contribution < -0.4 is 5.73 Å². The van der Waals surface area contributed by atoms with Gasteiger partial charge < -0.3 is 5.73 Å². The van der Waals surface area contributed by atoms with Crippen LogP contribution in [0.25, 0.3) is 0 Å². The summed E-state index contributed by atoms with van der Waals surface area (Å²) in [6, 6.07) is 6.90. The average molecular weight is 218 g/mol. The minimum Gasteiger partial charge on any atom is -0.330 e. The Morgan fingerprint density at radius 3 is 2.81 bits per heavy atom. The number of likely N-dealkylation sites (N-methyl/N-ethyl adjacent to an activating group) is 1. The molecule has 1 atom stereocenters. The number of nitrogens with zero attached hydrogens (tertiary/aromatic N) is 1. The number of nitrogens with two attached hydrogens (primary N) is 1. The van der Waals surface area contributed by atoms with Crippen LogP contribution in [0.2, 0.25) is 0 Å². The summed E-state index contributed by atoms with van der Waals surface area (Å²) in [6.45, 7) is 8.52. The summed E-state index contributed by atoms with van der Waals surface area (Å²) in [5.41, 5.74) is 10.3. The highest BCUT2D eigenvalue weighted by atomic mass is 15.1. The smallest absolute Gasteiger partial charge is 0.0236 e. The summed E-state index contributed by atoms with van der Waals surface area (Å²) >= 11 is 0. The van der Waals surface area contributed by atoms with E-state index in [1.165, 1.54) is 16.7 Å². The molecule has 0 saturated carbocycles. The van der Waals surface area contributed by atoms with Crippen molar-refractivity contribution < 1.29 is 0 Å². The second-order valence-corrected chi connectivity index (χ2v) is 4.65. The monoisotopic (exact) mass is 218 g/mol. The van der Waals surface area contributed by atoms with Gasteiger partial charge in [0.25, 0.3) is 0 Å². The van der Waals surface area contributed by atoms with Crippen LogP contribution in [0.3, 0.4) is 0 Å². The van der Waals surface area contributed by atoms with E-state index in [0.717, 1.165) is 32.6 Å².